The molecule has 0 heterocycles. The fourth-order valence-electron chi connectivity index (χ4n) is 1.55. The third kappa shape index (κ3) is 2.35. The Hall–Kier alpha value is -2.11. The number of ketones is 1. The molecule has 0 amide bonds. The molecule has 0 saturated heterocycles. The Kier molecular flexibility index (Phi) is 3.22. The monoisotopic (exact) mass is 241 g/mol. The van der Waals surface area contributed by atoms with E-state index in [0.29, 0.717) is 21.7 Å². The van der Waals surface area contributed by atoms with Crippen molar-refractivity contribution in [1.82, 2.24) is 0 Å². The van der Waals surface area contributed by atoms with Crippen LogP contribution >= 0.6 is 11.6 Å². The van der Waals surface area contributed by atoms with E-state index in [1.807, 2.05) is 12.1 Å². The van der Waals surface area contributed by atoms with Gasteiger partial charge in [0.2, 0.25) is 0 Å². The smallest absolute Gasteiger partial charge is 0.194 e. The quantitative estimate of drug-likeness (QED) is 0.756. The van der Waals surface area contributed by atoms with Crippen molar-refractivity contribution in [3.63, 3.8) is 0 Å². The van der Waals surface area contributed by atoms with Crippen molar-refractivity contribution in [1.29, 1.82) is 5.26 Å². The molecule has 0 unspecified atom stereocenters. The van der Waals surface area contributed by atoms with Crippen LogP contribution in [-0.4, -0.2) is 5.78 Å². The van der Waals surface area contributed by atoms with E-state index in [0.717, 1.165) is 0 Å². The summed E-state index contributed by atoms with van der Waals surface area (Å²) < 4.78 is 0. The fraction of sp³-hybridized carbons (Fsp3) is 0. The van der Waals surface area contributed by atoms with E-state index in [-0.39, 0.29) is 5.78 Å². The number of hydrogen-bond acceptors (Lipinski definition) is 2. The first kappa shape index (κ1) is 11.4. The van der Waals surface area contributed by atoms with Crippen molar-refractivity contribution >= 4 is 17.4 Å². The summed E-state index contributed by atoms with van der Waals surface area (Å²) in [7, 11) is 0. The average molecular weight is 242 g/mol. The van der Waals surface area contributed by atoms with Gasteiger partial charge < -0.3 is 0 Å². The van der Waals surface area contributed by atoms with E-state index in [1.54, 1.807) is 36.4 Å². The van der Waals surface area contributed by atoms with Gasteiger partial charge in [-0.1, -0.05) is 41.9 Å². The van der Waals surface area contributed by atoms with Gasteiger partial charge in [-0.05, 0) is 18.2 Å². The summed E-state index contributed by atoms with van der Waals surface area (Å²) in [5.41, 5.74) is 1.22. The van der Waals surface area contributed by atoms with Crippen LogP contribution in [0.3, 0.4) is 0 Å². The number of halogens is 1. The molecule has 82 valence electrons. The minimum Gasteiger partial charge on any atom is -0.289 e. The number of benzene rings is 2. The molecule has 2 aromatic carbocycles. The van der Waals surface area contributed by atoms with Crippen LogP contribution in [0.25, 0.3) is 0 Å². The molecule has 0 fully saturated rings. The highest BCUT2D eigenvalue weighted by Crippen LogP contribution is 2.18. The molecule has 2 nitrogen and oxygen atoms in total. The molecule has 2 rings (SSSR count). The number of hydrogen-bond donors (Lipinski definition) is 0. The lowest BCUT2D eigenvalue weighted by molar-refractivity contribution is 0.103. The molecule has 0 N–H and O–H groups in total. The largest absolute Gasteiger partial charge is 0.289 e. The Balaban J connectivity index is 2.52. The normalized spacial score (nSPS) is 9.65. The SMILES string of the molecule is N#Cc1ccc(Cl)cc1C(=O)c1ccccc1. The molecule has 0 radical (unpaired) electrons. The van der Waals surface area contributed by atoms with Gasteiger partial charge >= 0.3 is 0 Å². The van der Waals surface area contributed by atoms with Crippen molar-refractivity contribution in [2.24, 2.45) is 0 Å². The standard InChI is InChI=1S/C14H8ClNO/c15-12-7-6-11(9-16)13(8-12)14(17)10-4-2-1-3-5-10/h1-8H. The maximum Gasteiger partial charge on any atom is 0.194 e. The Morgan fingerprint density at radius 3 is 2.47 bits per heavy atom. The van der Waals surface area contributed by atoms with E-state index in [1.165, 1.54) is 6.07 Å². The number of nitriles is 1. The van der Waals surface area contributed by atoms with Crippen LogP contribution in [0.4, 0.5) is 0 Å². The number of rotatable bonds is 2. The van der Waals surface area contributed by atoms with E-state index < -0.39 is 0 Å². The predicted octanol–water partition coefficient (Wildman–Crippen LogP) is 3.44. The molecule has 0 aromatic heterocycles. The summed E-state index contributed by atoms with van der Waals surface area (Å²) in [6.45, 7) is 0. The lowest BCUT2D eigenvalue weighted by atomic mass is 9.99. The van der Waals surface area contributed by atoms with Gasteiger partial charge in [-0.15, -0.1) is 0 Å². The first-order valence-electron chi connectivity index (χ1n) is 5.02. The molecule has 2 aromatic rings. The molecule has 0 atom stereocenters. The van der Waals surface area contributed by atoms with Gasteiger partial charge in [0.25, 0.3) is 0 Å². The predicted molar refractivity (Wildman–Crippen MR) is 66.0 cm³/mol. The first-order chi connectivity index (χ1) is 8.22. The van der Waals surface area contributed by atoms with Crippen LogP contribution in [0, 0.1) is 11.3 Å². The topological polar surface area (TPSA) is 40.9 Å². The van der Waals surface area contributed by atoms with Crippen molar-refractivity contribution in [3.05, 3.63) is 70.2 Å². The molecule has 0 aliphatic rings. The number of carbonyl (C=O) groups is 1. The summed E-state index contributed by atoms with van der Waals surface area (Å²) in [6.07, 6.45) is 0. The summed E-state index contributed by atoms with van der Waals surface area (Å²) in [5, 5.41) is 9.41. The molecule has 0 bridgehead atoms. The molecule has 0 spiro atoms. The fourth-order valence-corrected chi connectivity index (χ4v) is 1.72. The van der Waals surface area contributed by atoms with Gasteiger partial charge in [0.05, 0.1) is 11.6 Å². The van der Waals surface area contributed by atoms with Crippen LogP contribution in [-0.2, 0) is 0 Å². The van der Waals surface area contributed by atoms with Crippen LogP contribution < -0.4 is 0 Å². The lowest BCUT2D eigenvalue weighted by Gasteiger charge is -2.03. The van der Waals surface area contributed by atoms with Gasteiger partial charge in [-0.25, -0.2) is 0 Å². The highest BCUT2D eigenvalue weighted by Gasteiger charge is 2.13. The Morgan fingerprint density at radius 1 is 1.12 bits per heavy atom. The zero-order valence-corrected chi connectivity index (χ0v) is 9.61. The Morgan fingerprint density at radius 2 is 1.82 bits per heavy atom. The van der Waals surface area contributed by atoms with E-state index in [9.17, 15) is 4.79 Å². The second-order valence-corrected chi connectivity index (χ2v) is 3.93. The maximum absolute atomic E-state index is 12.2. The highest BCUT2D eigenvalue weighted by molar-refractivity contribution is 6.31. The number of carbonyl (C=O) groups excluding carboxylic acids is 1. The van der Waals surface area contributed by atoms with Gasteiger partial charge in [0, 0.05) is 16.1 Å². The minimum atomic E-state index is -0.190. The molecule has 3 heteroatoms. The highest BCUT2D eigenvalue weighted by atomic mass is 35.5. The summed E-state index contributed by atoms with van der Waals surface area (Å²) in [6, 6.07) is 15.5. The zero-order valence-electron chi connectivity index (χ0n) is 8.85. The third-order valence-electron chi connectivity index (χ3n) is 2.38. The lowest BCUT2D eigenvalue weighted by Crippen LogP contribution is -2.03. The third-order valence-corrected chi connectivity index (χ3v) is 2.62. The van der Waals surface area contributed by atoms with E-state index in [2.05, 4.69) is 0 Å². The second-order valence-electron chi connectivity index (χ2n) is 3.50. The van der Waals surface area contributed by atoms with Crippen molar-refractivity contribution in [3.8, 4) is 6.07 Å². The van der Waals surface area contributed by atoms with E-state index >= 15 is 0 Å². The average Bonchev–Trinajstić information content (AvgIpc) is 2.39. The Labute approximate surface area is 104 Å². The van der Waals surface area contributed by atoms with Crippen molar-refractivity contribution in [2.45, 2.75) is 0 Å². The van der Waals surface area contributed by atoms with Crippen LogP contribution in [0.15, 0.2) is 48.5 Å². The van der Waals surface area contributed by atoms with Gasteiger partial charge in [0.1, 0.15) is 0 Å². The molecular weight excluding hydrogens is 234 g/mol. The summed E-state index contributed by atoms with van der Waals surface area (Å²) in [4.78, 5) is 12.2. The summed E-state index contributed by atoms with van der Waals surface area (Å²) >= 11 is 5.84. The Bertz CT molecular complexity index is 599. The van der Waals surface area contributed by atoms with Gasteiger partial charge in [-0.2, -0.15) is 5.26 Å². The minimum absolute atomic E-state index is 0.190. The van der Waals surface area contributed by atoms with Crippen LogP contribution in [0.5, 0.6) is 0 Å². The van der Waals surface area contributed by atoms with Crippen LogP contribution in [0.1, 0.15) is 21.5 Å². The van der Waals surface area contributed by atoms with Crippen molar-refractivity contribution < 1.29 is 4.79 Å². The molecular formula is C14H8ClNO. The molecule has 17 heavy (non-hydrogen) atoms. The maximum atomic E-state index is 12.2. The van der Waals surface area contributed by atoms with Gasteiger partial charge in [0.15, 0.2) is 5.78 Å². The zero-order chi connectivity index (χ0) is 12.3. The van der Waals surface area contributed by atoms with Crippen molar-refractivity contribution in [2.75, 3.05) is 0 Å². The molecule has 0 aliphatic carbocycles. The summed E-state index contributed by atoms with van der Waals surface area (Å²) in [5.74, 6) is -0.190. The first-order valence-corrected chi connectivity index (χ1v) is 5.39. The molecule has 0 aliphatic heterocycles. The molecule has 0 saturated carbocycles. The van der Waals surface area contributed by atoms with E-state index in [4.69, 9.17) is 16.9 Å². The van der Waals surface area contributed by atoms with Crippen LogP contribution in [0.2, 0.25) is 5.02 Å². The second kappa shape index (κ2) is 4.82. The van der Waals surface area contributed by atoms with Gasteiger partial charge in [-0.3, -0.25) is 4.79 Å². The number of nitrogens with zero attached hydrogens (tertiary/aromatic N) is 1.